The normalized spacial score (nSPS) is 12.1. The van der Waals surface area contributed by atoms with Crippen molar-refractivity contribution in [2.45, 2.75) is 31.3 Å². The van der Waals surface area contributed by atoms with Gasteiger partial charge in [-0.25, -0.2) is 0 Å². The number of nitrogens with zero attached hydrogens (tertiary/aromatic N) is 1. The molecule has 0 saturated heterocycles. The van der Waals surface area contributed by atoms with Crippen LogP contribution in [0.5, 0.6) is 0 Å². The van der Waals surface area contributed by atoms with Gasteiger partial charge in [-0.05, 0) is 0 Å². The van der Waals surface area contributed by atoms with E-state index < -0.39 is 5.60 Å². The first-order chi connectivity index (χ1) is 7.38. The van der Waals surface area contributed by atoms with Crippen molar-refractivity contribution in [3.8, 4) is 0 Å². The third-order valence-corrected chi connectivity index (χ3v) is 5.31. The van der Waals surface area contributed by atoms with Gasteiger partial charge in [0.05, 0.1) is 0 Å². The molecule has 0 aliphatic carbocycles. The van der Waals surface area contributed by atoms with Crippen LogP contribution >= 0.6 is 0 Å². The predicted octanol–water partition coefficient (Wildman–Crippen LogP) is 1.27. The van der Waals surface area contributed by atoms with Crippen LogP contribution in [0.2, 0.25) is 5.32 Å². The molecule has 0 amide bonds. The van der Waals surface area contributed by atoms with Gasteiger partial charge in [0.15, 0.2) is 0 Å². The summed E-state index contributed by atoms with van der Waals surface area (Å²) in [6, 6.07) is 8.54. The number of aliphatic hydroxyl groups is 1. The Morgan fingerprint density at radius 1 is 1.25 bits per heavy atom. The Hall–Kier alpha value is -0.341. The van der Waals surface area contributed by atoms with Crippen molar-refractivity contribution in [3.63, 3.8) is 0 Å². The maximum atomic E-state index is 9.76. The molecule has 1 aromatic rings. The molecular weight excluding hydrogens is 265 g/mol. The van der Waals surface area contributed by atoms with Crippen LogP contribution in [0, 0.1) is 0 Å². The molecule has 0 fully saturated rings. The van der Waals surface area contributed by atoms with Crippen LogP contribution in [0.4, 0.5) is 0 Å². The van der Waals surface area contributed by atoms with E-state index in [0.29, 0.717) is 15.0 Å². The van der Waals surface area contributed by atoms with Gasteiger partial charge in [0, 0.05) is 0 Å². The summed E-state index contributed by atoms with van der Waals surface area (Å²) in [5.41, 5.74) is 0.836. The standard InChI is InChI=1S/C13H21NOSe/c1-13(2,15)10-16-12-8-6-5-7-11(12)9-14(3)4/h5-8,15H,9-10H2,1-4H3. The second kappa shape index (κ2) is 5.83. The van der Waals surface area contributed by atoms with Crippen LogP contribution in [0.3, 0.4) is 0 Å². The molecule has 0 saturated carbocycles. The van der Waals surface area contributed by atoms with Crippen LogP contribution in [0.1, 0.15) is 19.4 Å². The zero-order valence-corrected chi connectivity index (χ0v) is 12.2. The van der Waals surface area contributed by atoms with Crippen molar-refractivity contribution in [1.29, 1.82) is 0 Å². The summed E-state index contributed by atoms with van der Waals surface area (Å²) in [4.78, 5) is 2.18. The third kappa shape index (κ3) is 5.13. The quantitative estimate of drug-likeness (QED) is 0.824. The van der Waals surface area contributed by atoms with Gasteiger partial charge in [0.25, 0.3) is 0 Å². The first kappa shape index (κ1) is 13.7. The molecule has 0 spiro atoms. The first-order valence-electron chi connectivity index (χ1n) is 5.46. The Balaban J connectivity index is 2.71. The van der Waals surface area contributed by atoms with Gasteiger partial charge in [-0.2, -0.15) is 0 Å². The molecule has 0 heterocycles. The summed E-state index contributed by atoms with van der Waals surface area (Å²) >= 11 is 0.352. The summed E-state index contributed by atoms with van der Waals surface area (Å²) in [6.45, 7) is 4.73. The molecule has 3 heteroatoms. The van der Waals surface area contributed by atoms with Crippen molar-refractivity contribution in [2.75, 3.05) is 14.1 Å². The molecule has 0 bridgehead atoms. The molecule has 0 radical (unpaired) electrons. The molecule has 90 valence electrons. The van der Waals surface area contributed by atoms with E-state index in [1.807, 2.05) is 13.8 Å². The molecule has 1 aromatic carbocycles. The van der Waals surface area contributed by atoms with Gasteiger partial charge >= 0.3 is 105 Å². The number of hydrogen-bond acceptors (Lipinski definition) is 2. The topological polar surface area (TPSA) is 23.5 Å². The molecule has 0 atom stereocenters. The fraction of sp³-hybridized carbons (Fsp3) is 0.538. The average molecular weight is 286 g/mol. The van der Waals surface area contributed by atoms with E-state index in [-0.39, 0.29) is 0 Å². The summed E-state index contributed by atoms with van der Waals surface area (Å²) < 4.78 is 1.41. The van der Waals surface area contributed by atoms with E-state index in [2.05, 4.69) is 43.3 Å². The van der Waals surface area contributed by atoms with E-state index in [0.717, 1.165) is 11.9 Å². The van der Waals surface area contributed by atoms with Gasteiger partial charge in [-0.3, -0.25) is 0 Å². The van der Waals surface area contributed by atoms with E-state index in [1.54, 1.807) is 0 Å². The van der Waals surface area contributed by atoms with Gasteiger partial charge in [-0.15, -0.1) is 0 Å². The van der Waals surface area contributed by atoms with Gasteiger partial charge in [-0.1, -0.05) is 0 Å². The fourth-order valence-corrected chi connectivity index (χ4v) is 3.47. The van der Waals surface area contributed by atoms with E-state index >= 15 is 0 Å². The molecule has 2 nitrogen and oxygen atoms in total. The molecule has 0 aromatic heterocycles. The monoisotopic (exact) mass is 287 g/mol. The number of hydrogen-bond donors (Lipinski definition) is 1. The van der Waals surface area contributed by atoms with Crippen LogP contribution in [0.25, 0.3) is 0 Å². The Bertz CT molecular complexity index is 331. The van der Waals surface area contributed by atoms with Crippen molar-refractivity contribution in [3.05, 3.63) is 29.8 Å². The summed E-state index contributed by atoms with van der Waals surface area (Å²) in [7, 11) is 4.17. The minimum atomic E-state index is -0.550. The van der Waals surface area contributed by atoms with Gasteiger partial charge in [0.2, 0.25) is 0 Å². The van der Waals surface area contributed by atoms with Crippen LogP contribution < -0.4 is 4.46 Å². The van der Waals surface area contributed by atoms with E-state index in [1.165, 1.54) is 10.0 Å². The van der Waals surface area contributed by atoms with Gasteiger partial charge in [0.1, 0.15) is 0 Å². The summed E-state index contributed by atoms with van der Waals surface area (Å²) in [5, 5.41) is 10.6. The van der Waals surface area contributed by atoms with E-state index in [4.69, 9.17) is 0 Å². The molecule has 0 aliphatic rings. The van der Waals surface area contributed by atoms with E-state index in [9.17, 15) is 5.11 Å². The molecule has 0 unspecified atom stereocenters. The molecule has 0 aliphatic heterocycles. The molecule has 1 N–H and O–H groups in total. The number of benzene rings is 1. The van der Waals surface area contributed by atoms with Crippen LogP contribution in [-0.4, -0.2) is 44.7 Å². The summed E-state index contributed by atoms with van der Waals surface area (Å²) in [6.07, 6.45) is 0. The maximum absolute atomic E-state index is 9.76. The zero-order chi connectivity index (χ0) is 12.2. The van der Waals surface area contributed by atoms with Gasteiger partial charge < -0.3 is 0 Å². The Morgan fingerprint density at radius 2 is 1.88 bits per heavy atom. The fourth-order valence-electron chi connectivity index (χ4n) is 1.37. The Morgan fingerprint density at radius 3 is 2.44 bits per heavy atom. The van der Waals surface area contributed by atoms with Crippen molar-refractivity contribution in [2.24, 2.45) is 0 Å². The van der Waals surface area contributed by atoms with Crippen LogP contribution in [-0.2, 0) is 6.54 Å². The van der Waals surface area contributed by atoms with Crippen molar-refractivity contribution < 1.29 is 5.11 Å². The molecular formula is C13H21NOSe. The van der Waals surface area contributed by atoms with Crippen molar-refractivity contribution in [1.82, 2.24) is 4.90 Å². The summed E-state index contributed by atoms with van der Waals surface area (Å²) in [5.74, 6) is 0. The Labute approximate surface area is 105 Å². The van der Waals surface area contributed by atoms with Crippen LogP contribution in [0.15, 0.2) is 24.3 Å². The minimum absolute atomic E-state index is 0.352. The second-order valence-corrected chi connectivity index (χ2v) is 7.08. The second-order valence-electron chi connectivity index (χ2n) is 4.95. The Kier molecular flexibility index (Phi) is 5.00. The molecule has 1 rings (SSSR count). The predicted molar refractivity (Wildman–Crippen MR) is 70.3 cm³/mol. The SMILES string of the molecule is CN(C)Cc1ccccc1[Se]CC(C)(C)O. The average Bonchev–Trinajstić information content (AvgIpc) is 2.14. The van der Waals surface area contributed by atoms with Crippen molar-refractivity contribution >= 4 is 19.4 Å². The zero-order valence-electron chi connectivity index (χ0n) is 10.5. The number of rotatable bonds is 5. The first-order valence-corrected chi connectivity index (χ1v) is 7.53. The third-order valence-electron chi connectivity index (χ3n) is 2.04. The molecule has 16 heavy (non-hydrogen) atoms.